The van der Waals surface area contributed by atoms with E-state index >= 15 is 0 Å². The number of rotatable bonds is 6. The van der Waals surface area contributed by atoms with Crippen LogP contribution in [0.2, 0.25) is 0 Å². The van der Waals surface area contributed by atoms with Crippen LogP contribution in [0.1, 0.15) is 12.8 Å². The lowest BCUT2D eigenvalue weighted by atomic mass is 10.0. The van der Waals surface area contributed by atoms with Gasteiger partial charge in [-0.3, -0.25) is 4.79 Å². The Hall–Kier alpha value is -2.41. The van der Waals surface area contributed by atoms with Gasteiger partial charge in [0.15, 0.2) is 0 Å². The van der Waals surface area contributed by atoms with Gasteiger partial charge in [-0.25, -0.2) is 9.97 Å². The van der Waals surface area contributed by atoms with Crippen LogP contribution in [-0.4, -0.2) is 50.8 Å². The van der Waals surface area contributed by atoms with Crippen molar-refractivity contribution in [2.24, 2.45) is 0 Å². The maximum absolute atomic E-state index is 11.9. The smallest absolute Gasteiger partial charge is 0.221 e. The van der Waals surface area contributed by atoms with Crippen molar-refractivity contribution in [3.8, 4) is 0 Å². The molecule has 0 aromatic carbocycles. The van der Waals surface area contributed by atoms with E-state index in [0.717, 1.165) is 12.4 Å². The monoisotopic (exact) mass is 315 g/mol. The van der Waals surface area contributed by atoms with Crippen LogP contribution in [0, 0.1) is 0 Å². The van der Waals surface area contributed by atoms with Crippen LogP contribution in [0.3, 0.4) is 0 Å². The molecule has 0 unspecified atom stereocenters. The summed E-state index contributed by atoms with van der Waals surface area (Å²) in [7, 11) is 0. The minimum atomic E-state index is -0.901. The van der Waals surface area contributed by atoms with Crippen molar-refractivity contribution in [1.82, 2.24) is 19.9 Å². The topological polar surface area (TPSA) is 83.3 Å². The summed E-state index contributed by atoms with van der Waals surface area (Å²) in [6.07, 6.45) is 7.92. The second-order valence-electron chi connectivity index (χ2n) is 5.91. The van der Waals surface area contributed by atoms with Gasteiger partial charge in [0.2, 0.25) is 5.91 Å². The summed E-state index contributed by atoms with van der Waals surface area (Å²) < 4.78 is 1.85. The molecule has 0 aliphatic carbocycles. The summed E-state index contributed by atoms with van der Waals surface area (Å²) >= 11 is 0. The number of nitrogens with zero attached hydrogens (tertiary/aromatic N) is 4. The minimum absolute atomic E-state index is 0.0663. The van der Waals surface area contributed by atoms with E-state index in [9.17, 15) is 9.90 Å². The molecule has 0 spiro atoms. The number of β-amino-alcohol motifs (C(OH)–C–C–N with tert-alkyl or cyclic N) is 1. The molecule has 1 amide bonds. The van der Waals surface area contributed by atoms with Crippen LogP contribution in [0.15, 0.2) is 43.1 Å². The Morgan fingerprint density at radius 2 is 2.30 bits per heavy atom. The quantitative estimate of drug-likeness (QED) is 0.807. The molecule has 0 bridgehead atoms. The molecule has 2 N–H and O–H groups in total. The van der Waals surface area contributed by atoms with Crippen LogP contribution in [0.5, 0.6) is 0 Å². The van der Waals surface area contributed by atoms with E-state index < -0.39 is 5.60 Å². The molecule has 0 radical (unpaired) electrons. The van der Waals surface area contributed by atoms with E-state index in [1.807, 2.05) is 33.9 Å². The van der Waals surface area contributed by atoms with Crippen molar-refractivity contribution in [1.29, 1.82) is 0 Å². The van der Waals surface area contributed by atoms with Crippen LogP contribution in [0.25, 0.3) is 0 Å². The number of amides is 1. The minimum Gasteiger partial charge on any atom is -0.386 e. The van der Waals surface area contributed by atoms with E-state index in [-0.39, 0.29) is 12.5 Å². The molecule has 1 atom stereocenters. The molecular formula is C16H21N5O2. The summed E-state index contributed by atoms with van der Waals surface area (Å²) in [6.45, 7) is 2.06. The molecule has 3 rings (SSSR count). The summed E-state index contributed by atoms with van der Waals surface area (Å²) in [4.78, 5) is 22.2. The zero-order valence-corrected chi connectivity index (χ0v) is 12.9. The van der Waals surface area contributed by atoms with Gasteiger partial charge in [-0.2, -0.15) is 0 Å². The van der Waals surface area contributed by atoms with Crippen molar-refractivity contribution < 1.29 is 9.90 Å². The van der Waals surface area contributed by atoms with Crippen molar-refractivity contribution in [3.05, 3.63) is 43.1 Å². The Morgan fingerprint density at radius 3 is 3.04 bits per heavy atom. The van der Waals surface area contributed by atoms with Gasteiger partial charge >= 0.3 is 0 Å². The third kappa shape index (κ3) is 4.07. The molecule has 3 heterocycles. The largest absolute Gasteiger partial charge is 0.386 e. The summed E-state index contributed by atoms with van der Waals surface area (Å²) in [5.41, 5.74) is -0.901. The number of hydrogen-bond donors (Lipinski definition) is 2. The fraction of sp³-hybridized carbons (Fsp3) is 0.438. The van der Waals surface area contributed by atoms with Crippen molar-refractivity contribution >= 4 is 11.7 Å². The van der Waals surface area contributed by atoms with Gasteiger partial charge in [-0.05, 0) is 18.6 Å². The molecule has 7 nitrogen and oxygen atoms in total. The second kappa shape index (κ2) is 6.78. The number of carbonyl (C=O) groups is 1. The van der Waals surface area contributed by atoms with Gasteiger partial charge in [0.25, 0.3) is 0 Å². The lowest BCUT2D eigenvalue weighted by Gasteiger charge is -2.24. The molecule has 1 fully saturated rings. The Kier molecular flexibility index (Phi) is 4.57. The van der Waals surface area contributed by atoms with E-state index in [1.165, 1.54) is 0 Å². The van der Waals surface area contributed by atoms with Crippen molar-refractivity contribution in [2.75, 3.05) is 24.5 Å². The molecule has 1 aliphatic heterocycles. The summed E-state index contributed by atoms with van der Waals surface area (Å²) in [5, 5.41) is 13.5. The second-order valence-corrected chi connectivity index (χ2v) is 5.91. The Morgan fingerprint density at radius 1 is 1.39 bits per heavy atom. The lowest BCUT2D eigenvalue weighted by molar-refractivity contribution is -0.122. The average molecular weight is 315 g/mol. The summed E-state index contributed by atoms with van der Waals surface area (Å²) in [5.74, 6) is 0.790. The molecule has 2 aromatic rings. The van der Waals surface area contributed by atoms with E-state index in [2.05, 4.69) is 15.3 Å². The average Bonchev–Trinajstić information content (AvgIpc) is 3.22. The third-order valence-corrected chi connectivity index (χ3v) is 4.08. The number of carbonyl (C=O) groups excluding carboxylic acids is 1. The third-order valence-electron chi connectivity index (χ3n) is 4.08. The van der Waals surface area contributed by atoms with Crippen LogP contribution >= 0.6 is 0 Å². The van der Waals surface area contributed by atoms with Crippen molar-refractivity contribution in [2.45, 2.75) is 25.0 Å². The van der Waals surface area contributed by atoms with Gasteiger partial charge in [0, 0.05) is 51.2 Å². The molecule has 1 aliphatic rings. The summed E-state index contributed by atoms with van der Waals surface area (Å²) in [6, 6.07) is 5.72. The van der Waals surface area contributed by atoms with Gasteiger partial charge < -0.3 is 19.9 Å². The highest BCUT2D eigenvalue weighted by Crippen LogP contribution is 2.24. The molecule has 2 aromatic heterocycles. The number of pyridine rings is 1. The Labute approximate surface area is 135 Å². The van der Waals surface area contributed by atoms with Gasteiger partial charge in [0.05, 0.1) is 6.33 Å². The number of hydrogen-bond acceptors (Lipinski definition) is 5. The first-order valence-corrected chi connectivity index (χ1v) is 7.75. The lowest BCUT2D eigenvalue weighted by Crippen LogP contribution is -2.45. The SMILES string of the molecule is O=C(CCn1ccnc1)NC[C@]1(O)CCN(c2ccccn2)C1. The van der Waals surface area contributed by atoms with E-state index in [4.69, 9.17) is 0 Å². The number of aryl methyl sites for hydroxylation is 1. The molecule has 23 heavy (non-hydrogen) atoms. The first-order valence-electron chi connectivity index (χ1n) is 7.75. The van der Waals surface area contributed by atoms with Gasteiger partial charge in [0.1, 0.15) is 11.4 Å². The highest BCUT2D eigenvalue weighted by atomic mass is 16.3. The zero-order chi connectivity index (χ0) is 16.1. The molecule has 0 saturated carbocycles. The van der Waals surface area contributed by atoms with Gasteiger partial charge in [-0.15, -0.1) is 0 Å². The molecule has 1 saturated heterocycles. The highest BCUT2D eigenvalue weighted by molar-refractivity contribution is 5.75. The maximum Gasteiger partial charge on any atom is 0.221 e. The zero-order valence-electron chi connectivity index (χ0n) is 12.9. The first kappa shape index (κ1) is 15.5. The van der Waals surface area contributed by atoms with Crippen LogP contribution < -0.4 is 10.2 Å². The predicted molar refractivity (Wildman–Crippen MR) is 85.9 cm³/mol. The van der Waals surface area contributed by atoms with E-state index in [1.54, 1.807) is 18.7 Å². The Balaban J connectivity index is 1.45. The number of anilines is 1. The highest BCUT2D eigenvalue weighted by Gasteiger charge is 2.36. The number of imidazole rings is 1. The number of aliphatic hydroxyl groups is 1. The number of aromatic nitrogens is 3. The fourth-order valence-corrected chi connectivity index (χ4v) is 2.74. The Bertz CT molecular complexity index is 631. The van der Waals surface area contributed by atoms with Crippen LogP contribution in [-0.2, 0) is 11.3 Å². The fourth-order valence-electron chi connectivity index (χ4n) is 2.74. The van der Waals surface area contributed by atoms with Crippen LogP contribution in [0.4, 0.5) is 5.82 Å². The standard InChI is InChI=1S/C16H21N5O2/c22-15(4-8-20-10-7-17-13-20)19-11-16(23)5-9-21(12-16)14-3-1-2-6-18-14/h1-3,6-7,10,13,23H,4-5,8-9,11-12H2,(H,19,22)/t16-/m1/s1. The molecule has 7 heteroatoms. The van der Waals surface area contributed by atoms with Crippen molar-refractivity contribution in [3.63, 3.8) is 0 Å². The molecular weight excluding hydrogens is 294 g/mol. The molecule has 122 valence electrons. The van der Waals surface area contributed by atoms with Gasteiger partial charge in [-0.1, -0.05) is 6.07 Å². The number of nitrogens with one attached hydrogen (secondary N) is 1. The normalized spacial score (nSPS) is 20.7. The first-order chi connectivity index (χ1) is 11.1. The predicted octanol–water partition coefficient (Wildman–Crippen LogP) is 0.426. The van der Waals surface area contributed by atoms with E-state index in [0.29, 0.717) is 25.9 Å². The maximum atomic E-state index is 11.9.